The average Bonchev–Trinajstić information content (AvgIpc) is 1.81. The number of imidazole rings is 1. The van der Waals surface area contributed by atoms with Crippen molar-refractivity contribution >= 4 is 92.7 Å². The molecule has 8 rings (SSSR count). The summed E-state index contributed by atoms with van der Waals surface area (Å²) in [7, 11) is 0. The monoisotopic (exact) mass is 1310 g/mol. The number of nitrogens with two attached hydrogens (primary N) is 3. The molecule has 506 valence electrons. The molecule has 31 heteroatoms. The fourth-order valence-corrected chi connectivity index (χ4v) is 11.5. The second kappa shape index (κ2) is 33.1. The number of carbonyl (C=O) groups excluding carboxylic acids is 11. The van der Waals surface area contributed by atoms with Crippen LogP contribution in [-0.2, 0) is 78.4 Å². The van der Waals surface area contributed by atoms with Crippen LogP contribution in [-0.4, -0.2) is 187 Å². The molecule has 5 heterocycles. The minimum atomic E-state index is -1.80. The molecule has 31 nitrogen and oxygen atoms in total. The van der Waals surface area contributed by atoms with Gasteiger partial charge in [0, 0.05) is 91.3 Å². The van der Waals surface area contributed by atoms with E-state index in [1.165, 1.54) is 41.7 Å². The van der Waals surface area contributed by atoms with Crippen LogP contribution in [0.15, 0.2) is 103 Å². The molecule has 0 radical (unpaired) electrons. The van der Waals surface area contributed by atoms with Crippen LogP contribution < -0.4 is 65.1 Å². The average molecular weight is 1310 g/mol. The number of guanidine groups is 1. The van der Waals surface area contributed by atoms with E-state index in [4.69, 9.17) is 17.2 Å². The molecule has 0 spiro atoms. The van der Waals surface area contributed by atoms with E-state index < -0.39 is 127 Å². The van der Waals surface area contributed by atoms with Gasteiger partial charge >= 0.3 is 0 Å². The van der Waals surface area contributed by atoms with Crippen LogP contribution in [0.2, 0.25) is 0 Å². The molecule has 9 atom stereocenters. The molecular formula is C64H82N18O13. The Morgan fingerprint density at radius 1 is 0.642 bits per heavy atom. The van der Waals surface area contributed by atoms with E-state index in [9.17, 15) is 53.4 Å². The maximum absolute atomic E-state index is 15.1. The van der Waals surface area contributed by atoms with Gasteiger partial charge in [-0.05, 0) is 85.4 Å². The molecule has 0 aliphatic carbocycles. The van der Waals surface area contributed by atoms with Crippen molar-refractivity contribution in [2.45, 2.75) is 139 Å². The Kier molecular flexibility index (Phi) is 24.4. The van der Waals surface area contributed by atoms with Crippen molar-refractivity contribution in [2.24, 2.45) is 28.1 Å². The van der Waals surface area contributed by atoms with Gasteiger partial charge in [-0.25, -0.2) is 4.98 Å². The van der Waals surface area contributed by atoms with Crippen LogP contribution in [0.4, 0.5) is 0 Å². The molecule has 0 saturated carbocycles. The van der Waals surface area contributed by atoms with E-state index in [2.05, 4.69) is 72.8 Å². The third kappa shape index (κ3) is 19.6. The summed E-state index contributed by atoms with van der Waals surface area (Å²) in [6, 6.07) is 7.78. The Morgan fingerprint density at radius 3 is 1.72 bits per heavy atom. The number of benzene rings is 3. The molecule has 6 aromatic rings. The summed E-state index contributed by atoms with van der Waals surface area (Å²) in [4.78, 5) is 172. The van der Waals surface area contributed by atoms with E-state index in [1.807, 2.05) is 0 Å². The van der Waals surface area contributed by atoms with Crippen molar-refractivity contribution in [3.8, 4) is 5.75 Å². The van der Waals surface area contributed by atoms with Gasteiger partial charge in [-0.1, -0.05) is 62.4 Å². The second-order valence-corrected chi connectivity index (χ2v) is 24.0. The lowest BCUT2D eigenvalue weighted by Crippen LogP contribution is -2.61. The quantitative estimate of drug-likeness (QED) is 0.0117. The van der Waals surface area contributed by atoms with Crippen molar-refractivity contribution < 1.29 is 63.0 Å². The molecule has 11 amide bonds. The lowest BCUT2D eigenvalue weighted by Gasteiger charge is -2.30. The first kappa shape index (κ1) is 70.0. The Bertz CT molecular complexity index is 3750. The molecule has 20 N–H and O–H groups in total. The Balaban J connectivity index is 1.05. The summed E-state index contributed by atoms with van der Waals surface area (Å²) in [6.07, 6.45) is 6.51. The largest absolute Gasteiger partial charge is 0.508 e. The first-order valence-corrected chi connectivity index (χ1v) is 31.3. The lowest BCUT2D eigenvalue weighted by molar-refractivity contribution is -0.142. The summed E-state index contributed by atoms with van der Waals surface area (Å²) in [5, 5.41) is 46.5. The fourth-order valence-electron chi connectivity index (χ4n) is 11.5. The van der Waals surface area contributed by atoms with Gasteiger partial charge in [-0.3, -0.25) is 57.7 Å². The number of hydrogen-bond acceptors (Lipinski definition) is 15. The number of amides is 11. The molecule has 2 fully saturated rings. The summed E-state index contributed by atoms with van der Waals surface area (Å²) in [6.45, 7) is 2.33. The number of phenolic OH excluding ortho intramolecular Hbond substituents is 1. The second-order valence-electron chi connectivity index (χ2n) is 24.0. The molecule has 0 bridgehead atoms. The van der Waals surface area contributed by atoms with E-state index in [0.29, 0.717) is 50.6 Å². The van der Waals surface area contributed by atoms with Crippen molar-refractivity contribution in [2.75, 3.05) is 26.2 Å². The zero-order chi connectivity index (χ0) is 68.3. The van der Waals surface area contributed by atoms with Crippen molar-refractivity contribution in [1.82, 2.24) is 72.7 Å². The molecule has 3 aromatic carbocycles. The van der Waals surface area contributed by atoms with Crippen LogP contribution in [0.3, 0.4) is 0 Å². The number of aromatic amines is 3. The minimum absolute atomic E-state index is 0.00905. The smallest absolute Gasteiger partial charge is 0.245 e. The van der Waals surface area contributed by atoms with Gasteiger partial charge in [0.15, 0.2) is 5.96 Å². The number of hydrogen-bond donors (Lipinski definition) is 17. The number of nitrogens with one attached hydrogen (secondary N) is 12. The maximum atomic E-state index is 15.1. The van der Waals surface area contributed by atoms with Gasteiger partial charge in [0.1, 0.15) is 60.1 Å². The number of fused-ring (bicyclic) bond motifs is 2. The number of para-hydroxylation sites is 2. The number of aliphatic hydroxyl groups excluding tert-OH is 1. The molecule has 2 aliphatic heterocycles. The highest BCUT2D eigenvalue weighted by molar-refractivity contribution is 6.00. The van der Waals surface area contributed by atoms with Crippen LogP contribution >= 0.6 is 0 Å². The van der Waals surface area contributed by atoms with Gasteiger partial charge in [0.05, 0.1) is 19.5 Å². The van der Waals surface area contributed by atoms with Gasteiger partial charge < -0.3 is 95.1 Å². The van der Waals surface area contributed by atoms with E-state index in [0.717, 1.165) is 0 Å². The number of nitrogens with zero attached hydrogens (tertiary/aromatic N) is 3. The first-order valence-electron chi connectivity index (χ1n) is 31.3. The molecule has 95 heavy (non-hydrogen) atoms. The van der Waals surface area contributed by atoms with Crippen LogP contribution in [0, 0.1) is 5.92 Å². The van der Waals surface area contributed by atoms with Crippen molar-refractivity contribution in [1.29, 1.82) is 0 Å². The van der Waals surface area contributed by atoms with Gasteiger partial charge in [0.25, 0.3) is 0 Å². The standard InChI is InChI=1S/C64H82N18O13/c1-34(2)23-46(56(88)75-45(13-7-21-69-64(66)67)63(95)82-22-8-14-52(82)62(94)72-31-53(65)85)76-58(90)48(25-36-28-70-42-11-5-3-9-40(36)42)78-57(89)47(24-35-15-17-39(84)18-16-35)77-61(93)51(32-83)81-59(91)49(26-37-29-71-43-12-6-4-10-41(37)43)79-60(92)50(27-38-30-68-33-73-38)80-55(87)44-19-20-54(86)74-44/h3-6,9-12,15-18,28-30,33-34,44-52,70-71,83-84H,7-8,13-14,19-27,31-32H2,1-2H3,(H2,65,85)(H,68,73)(H,72,94)(H,74,86)(H,75,88)(H,76,90)(H,77,93)(H,78,89)(H,79,92)(H,80,87)(H,81,91)(H4,66,67,69)/t44-,45+,46+,47+,48-,49+,50+,51+,52+/m1/s1. The number of phenols is 1. The first-order chi connectivity index (χ1) is 45.5. The molecule has 3 aromatic heterocycles. The Hall–Kier alpha value is -10.8. The number of primary amides is 1. The zero-order valence-corrected chi connectivity index (χ0v) is 52.6. The topological polar surface area (TPSA) is 490 Å². The van der Waals surface area contributed by atoms with E-state index >= 15 is 9.59 Å². The zero-order valence-electron chi connectivity index (χ0n) is 52.6. The predicted octanol–water partition coefficient (Wildman–Crippen LogP) is -2.29. The lowest BCUT2D eigenvalue weighted by atomic mass is 9.99. The van der Waals surface area contributed by atoms with E-state index in [-0.39, 0.29) is 101 Å². The number of aromatic hydroxyl groups is 1. The van der Waals surface area contributed by atoms with E-state index in [1.54, 1.807) is 74.8 Å². The third-order valence-corrected chi connectivity index (χ3v) is 16.4. The van der Waals surface area contributed by atoms with Crippen LogP contribution in [0.25, 0.3) is 21.8 Å². The van der Waals surface area contributed by atoms with Gasteiger partial charge in [-0.2, -0.15) is 0 Å². The summed E-state index contributed by atoms with van der Waals surface area (Å²) >= 11 is 0. The number of carbonyl (C=O) groups is 11. The van der Waals surface area contributed by atoms with Crippen LogP contribution in [0.5, 0.6) is 5.75 Å². The minimum Gasteiger partial charge on any atom is -0.508 e. The third-order valence-electron chi connectivity index (χ3n) is 16.4. The van der Waals surface area contributed by atoms with Crippen LogP contribution in [0.1, 0.15) is 81.2 Å². The number of H-pyrrole nitrogens is 3. The van der Waals surface area contributed by atoms with Gasteiger partial charge in [-0.15, -0.1) is 0 Å². The number of likely N-dealkylation sites (tertiary alicyclic amines) is 1. The number of aliphatic hydroxyl groups is 1. The predicted molar refractivity (Wildman–Crippen MR) is 346 cm³/mol. The molecular weight excluding hydrogens is 1230 g/mol. The molecule has 2 saturated heterocycles. The highest BCUT2D eigenvalue weighted by atomic mass is 16.3. The number of aromatic nitrogens is 4. The summed E-state index contributed by atoms with van der Waals surface area (Å²) in [5.41, 5.74) is 19.8. The van der Waals surface area contributed by atoms with Gasteiger partial charge in [0.2, 0.25) is 65.0 Å². The Labute approximate surface area is 545 Å². The molecule has 0 unspecified atom stereocenters. The SMILES string of the molecule is CC(C)C[C@H](NC(=O)[C@@H](Cc1c[nH]c2ccccc12)NC(=O)[C@H](Cc1ccc(O)cc1)NC(=O)[C@H](CO)NC(=O)[C@H](Cc1c[nH]c2ccccc12)NC(=O)[C@H](Cc1cnc[nH]1)NC(=O)[C@H]1CCC(=O)N1)C(=O)N[C@@H](CCCN=C(N)N)C(=O)N1CCC[C@H]1C(=O)NCC(N)=O. The number of rotatable bonds is 33. The van der Waals surface area contributed by atoms with Crippen molar-refractivity contribution in [3.05, 3.63) is 120 Å². The molecule has 2 aliphatic rings. The summed E-state index contributed by atoms with van der Waals surface area (Å²) in [5.74, 6) is -9.04. The highest BCUT2D eigenvalue weighted by Gasteiger charge is 2.40. The van der Waals surface area contributed by atoms with Crippen molar-refractivity contribution in [3.63, 3.8) is 0 Å². The normalized spacial score (nSPS) is 16.6. The Morgan fingerprint density at radius 2 is 1.18 bits per heavy atom. The highest BCUT2D eigenvalue weighted by Crippen LogP contribution is 2.24. The maximum Gasteiger partial charge on any atom is 0.245 e. The summed E-state index contributed by atoms with van der Waals surface area (Å²) < 4.78 is 0. The fraction of sp³-hybridized carbons (Fsp3) is 0.422. The number of aliphatic imine (C=N–C) groups is 1.